The predicted molar refractivity (Wildman–Crippen MR) is 78.8 cm³/mol. The lowest BCUT2D eigenvalue weighted by Crippen LogP contribution is -2.46. The van der Waals surface area contributed by atoms with Gasteiger partial charge >= 0.3 is 0 Å². The van der Waals surface area contributed by atoms with Crippen molar-refractivity contribution in [1.82, 2.24) is 4.90 Å². The lowest BCUT2D eigenvalue weighted by molar-refractivity contribution is -0.138. The van der Waals surface area contributed by atoms with Crippen molar-refractivity contribution < 1.29 is 4.79 Å². The van der Waals surface area contributed by atoms with E-state index in [9.17, 15) is 4.79 Å². The van der Waals surface area contributed by atoms with Crippen molar-refractivity contribution in [3.05, 3.63) is 0 Å². The summed E-state index contributed by atoms with van der Waals surface area (Å²) in [4.78, 5) is 14.9. The summed E-state index contributed by atoms with van der Waals surface area (Å²) in [5.41, 5.74) is 5.97. The van der Waals surface area contributed by atoms with Crippen molar-refractivity contribution >= 4 is 5.91 Å². The Bertz CT molecular complexity index is 276. The maximum atomic E-state index is 12.8. The van der Waals surface area contributed by atoms with Gasteiger partial charge in [0.25, 0.3) is 0 Å². The summed E-state index contributed by atoms with van der Waals surface area (Å²) >= 11 is 0. The maximum Gasteiger partial charge on any atom is 0.225 e. The standard InChI is InChI=1S/C16H30N2O/c1-2-18(15-11-9-14(17)10-12-15)16(19)13-7-5-3-4-6-8-13/h13-15H,2-12,17H2,1H3. The third kappa shape index (κ3) is 3.95. The number of nitrogens with two attached hydrogens (primary N) is 1. The molecular weight excluding hydrogens is 236 g/mol. The average molecular weight is 266 g/mol. The first kappa shape index (κ1) is 14.8. The first-order chi connectivity index (χ1) is 9.22. The Hall–Kier alpha value is -0.570. The minimum atomic E-state index is 0.304. The third-order valence-electron chi connectivity index (χ3n) is 5.01. The minimum absolute atomic E-state index is 0.304. The molecular formula is C16H30N2O. The first-order valence-corrected chi connectivity index (χ1v) is 8.28. The normalized spacial score (nSPS) is 29.8. The fourth-order valence-corrected chi connectivity index (χ4v) is 3.77. The van der Waals surface area contributed by atoms with Gasteiger partial charge in [-0.2, -0.15) is 0 Å². The molecule has 0 bridgehead atoms. The van der Waals surface area contributed by atoms with Crippen LogP contribution in [0.2, 0.25) is 0 Å². The lowest BCUT2D eigenvalue weighted by Gasteiger charge is -2.37. The monoisotopic (exact) mass is 266 g/mol. The molecule has 0 aromatic rings. The third-order valence-corrected chi connectivity index (χ3v) is 5.01. The van der Waals surface area contributed by atoms with Crippen LogP contribution in [0, 0.1) is 5.92 Å². The molecule has 2 fully saturated rings. The molecule has 1 amide bonds. The van der Waals surface area contributed by atoms with Gasteiger partial charge in [0.2, 0.25) is 5.91 Å². The second-order valence-electron chi connectivity index (χ2n) is 6.38. The number of hydrogen-bond acceptors (Lipinski definition) is 2. The van der Waals surface area contributed by atoms with E-state index in [2.05, 4.69) is 11.8 Å². The fourth-order valence-electron chi connectivity index (χ4n) is 3.77. The predicted octanol–water partition coefficient (Wildman–Crippen LogP) is 3.08. The van der Waals surface area contributed by atoms with Gasteiger partial charge in [0.05, 0.1) is 0 Å². The highest BCUT2D eigenvalue weighted by atomic mass is 16.2. The molecule has 19 heavy (non-hydrogen) atoms. The highest BCUT2D eigenvalue weighted by Gasteiger charge is 2.30. The molecule has 0 aliphatic heterocycles. The Morgan fingerprint density at radius 3 is 2.11 bits per heavy atom. The highest BCUT2D eigenvalue weighted by molar-refractivity contribution is 5.79. The van der Waals surface area contributed by atoms with E-state index in [1.165, 1.54) is 25.7 Å². The number of amides is 1. The molecule has 2 aliphatic carbocycles. The van der Waals surface area contributed by atoms with Crippen LogP contribution in [0.5, 0.6) is 0 Å². The number of carbonyl (C=O) groups excluding carboxylic acids is 1. The molecule has 2 N–H and O–H groups in total. The van der Waals surface area contributed by atoms with E-state index in [4.69, 9.17) is 5.73 Å². The van der Waals surface area contributed by atoms with Gasteiger partial charge in [-0.15, -0.1) is 0 Å². The Balaban J connectivity index is 1.93. The van der Waals surface area contributed by atoms with Gasteiger partial charge in [-0.05, 0) is 45.4 Å². The summed E-state index contributed by atoms with van der Waals surface area (Å²) in [5.74, 6) is 0.739. The van der Waals surface area contributed by atoms with Gasteiger partial charge in [-0.3, -0.25) is 4.79 Å². The second kappa shape index (κ2) is 7.28. The molecule has 0 heterocycles. The molecule has 0 spiro atoms. The van der Waals surface area contributed by atoms with Crippen LogP contribution >= 0.6 is 0 Å². The second-order valence-corrected chi connectivity index (χ2v) is 6.38. The summed E-state index contributed by atoms with van der Waals surface area (Å²) < 4.78 is 0. The molecule has 2 aliphatic rings. The van der Waals surface area contributed by atoms with Crippen molar-refractivity contribution in [2.75, 3.05) is 6.54 Å². The maximum absolute atomic E-state index is 12.8. The van der Waals surface area contributed by atoms with Crippen LogP contribution in [0.3, 0.4) is 0 Å². The van der Waals surface area contributed by atoms with Crippen molar-refractivity contribution in [2.45, 2.75) is 83.2 Å². The highest BCUT2D eigenvalue weighted by Crippen LogP contribution is 2.28. The molecule has 3 nitrogen and oxygen atoms in total. The van der Waals surface area contributed by atoms with Crippen LogP contribution in [0.4, 0.5) is 0 Å². The Morgan fingerprint density at radius 2 is 1.58 bits per heavy atom. The van der Waals surface area contributed by atoms with E-state index in [1.807, 2.05) is 0 Å². The fraction of sp³-hybridized carbons (Fsp3) is 0.938. The zero-order valence-corrected chi connectivity index (χ0v) is 12.4. The van der Waals surface area contributed by atoms with Gasteiger partial charge in [-0.25, -0.2) is 0 Å². The number of nitrogens with zero attached hydrogens (tertiary/aromatic N) is 1. The van der Waals surface area contributed by atoms with Crippen molar-refractivity contribution in [3.63, 3.8) is 0 Å². The topological polar surface area (TPSA) is 46.3 Å². The van der Waals surface area contributed by atoms with Gasteiger partial charge in [-0.1, -0.05) is 25.7 Å². The SMILES string of the molecule is CCN(C(=O)C1CCCCCC1)C1CCC(N)CC1. The molecule has 2 saturated carbocycles. The van der Waals surface area contributed by atoms with E-state index >= 15 is 0 Å². The van der Waals surface area contributed by atoms with Crippen LogP contribution < -0.4 is 5.73 Å². The van der Waals surface area contributed by atoms with E-state index in [-0.39, 0.29) is 0 Å². The Labute approximate surface area is 117 Å². The molecule has 0 aromatic heterocycles. The van der Waals surface area contributed by atoms with Gasteiger partial charge in [0, 0.05) is 24.5 Å². The molecule has 0 unspecified atom stereocenters. The van der Waals surface area contributed by atoms with Crippen LogP contribution in [-0.2, 0) is 4.79 Å². The molecule has 0 saturated heterocycles. The van der Waals surface area contributed by atoms with Gasteiger partial charge in [0.1, 0.15) is 0 Å². The molecule has 0 aromatic carbocycles. The zero-order valence-electron chi connectivity index (χ0n) is 12.4. The Morgan fingerprint density at radius 1 is 1.00 bits per heavy atom. The van der Waals surface area contributed by atoms with E-state index < -0.39 is 0 Å². The van der Waals surface area contributed by atoms with Gasteiger partial charge < -0.3 is 10.6 Å². The summed E-state index contributed by atoms with van der Waals surface area (Å²) in [6, 6.07) is 0.823. The van der Waals surface area contributed by atoms with Gasteiger partial charge in [0.15, 0.2) is 0 Å². The summed E-state index contributed by atoms with van der Waals surface area (Å²) in [6.07, 6.45) is 11.7. The minimum Gasteiger partial charge on any atom is -0.340 e. The van der Waals surface area contributed by atoms with Crippen LogP contribution in [0.1, 0.15) is 71.1 Å². The average Bonchev–Trinajstić information content (AvgIpc) is 2.70. The molecule has 0 atom stereocenters. The van der Waals surface area contributed by atoms with Crippen molar-refractivity contribution in [2.24, 2.45) is 11.7 Å². The number of hydrogen-bond donors (Lipinski definition) is 1. The summed E-state index contributed by atoms with van der Waals surface area (Å²) in [7, 11) is 0. The van der Waals surface area contributed by atoms with E-state index in [1.54, 1.807) is 0 Å². The molecule has 110 valence electrons. The smallest absolute Gasteiger partial charge is 0.225 e. The van der Waals surface area contributed by atoms with Crippen LogP contribution in [0.25, 0.3) is 0 Å². The molecule has 2 rings (SSSR count). The lowest BCUT2D eigenvalue weighted by atomic mass is 9.89. The van der Waals surface area contributed by atoms with Crippen molar-refractivity contribution in [3.8, 4) is 0 Å². The van der Waals surface area contributed by atoms with Crippen LogP contribution in [-0.4, -0.2) is 29.4 Å². The van der Waals surface area contributed by atoms with E-state index in [0.29, 0.717) is 23.9 Å². The first-order valence-electron chi connectivity index (χ1n) is 8.28. The quantitative estimate of drug-likeness (QED) is 0.798. The molecule has 3 heteroatoms. The Kier molecular flexibility index (Phi) is 5.68. The van der Waals surface area contributed by atoms with Crippen molar-refractivity contribution in [1.29, 1.82) is 0 Å². The number of rotatable bonds is 3. The summed E-state index contributed by atoms with van der Waals surface area (Å²) in [6.45, 7) is 3.00. The van der Waals surface area contributed by atoms with E-state index in [0.717, 1.165) is 45.1 Å². The zero-order chi connectivity index (χ0) is 13.7. The number of carbonyl (C=O) groups is 1. The molecule has 0 radical (unpaired) electrons. The largest absolute Gasteiger partial charge is 0.340 e. The summed E-state index contributed by atoms with van der Waals surface area (Å²) in [5, 5.41) is 0. The van der Waals surface area contributed by atoms with Crippen LogP contribution in [0.15, 0.2) is 0 Å².